The Morgan fingerprint density at radius 1 is 1.25 bits per heavy atom. The Morgan fingerprint density at radius 3 is 2.50 bits per heavy atom. The summed E-state index contributed by atoms with van der Waals surface area (Å²) >= 11 is 2.99. The van der Waals surface area contributed by atoms with Crippen LogP contribution in [0.25, 0.3) is 0 Å². The van der Waals surface area contributed by atoms with Crippen LogP contribution in [0.5, 0.6) is 11.6 Å². The van der Waals surface area contributed by atoms with Crippen LogP contribution < -0.4 is 4.74 Å². The van der Waals surface area contributed by atoms with E-state index < -0.39 is 20.7 Å². The van der Waals surface area contributed by atoms with E-state index >= 15 is 0 Å². The third kappa shape index (κ3) is 3.44. The first-order valence-corrected chi connectivity index (χ1v) is 8.11. The highest BCUT2D eigenvalue weighted by molar-refractivity contribution is 9.10. The van der Waals surface area contributed by atoms with Crippen LogP contribution in [0.2, 0.25) is 0 Å². The van der Waals surface area contributed by atoms with Crippen molar-refractivity contribution in [3.8, 4) is 11.6 Å². The summed E-state index contributed by atoms with van der Waals surface area (Å²) in [5.74, 6) is -2.75. The van der Waals surface area contributed by atoms with Crippen LogP contribution >= 0.6 is 26.6 Å². The van der Waals surface area contributed by atoms with Gasteiger partial charge < -0.3 is 4.74 Å². The van der Waals surface area contributed by atoms with Gasteiger partial charge in [0.2, 0.25) is 11.7 Å². The number of hydrogen-bond donors (Lipinski definition) is 0. The molecule has 20 heavy (non-hydrogen) atoms. The maximum Gasteiger partial charge on any atom is 0.262 e. The Balaban J connectivity index is 2.32. The SMILES string of the molecule is O=S(=O)(Cl)c1ccc(Oc2cc(Br)cc(F)c2F)nc1. The van der Waals surface area contributed by atoms with Crippen LogP contribution in [0.1, 0.15) is 0 Å². The fourth-order valence-corrected chi connectivity index (χ4v) is 2.38. The molecule has 0 fully saturated rings. The van der Waals surface area contributed by atoms with Gasteiger partial charge in [0.25, 0.3) is 9.05 Å². The van der Waals surface area contributed by atoms with Gasteiger partial charge in [-0.1, -0.05) is 15.9 Å². The molecular weight excluding hydrogens is 380 g/mol. The first-order valence-electron chi connectivity index (χ1n) is 5.00. The zero-order valence-corrected chi connectivity index (χ0v) is 12.6. The Morgan fingerprint density at radius 2 is 1.95 bits per heavy atom. The molecule has 0 aliphatic heterocycles. The van der Waals surface area contributed by atoms with Gasteiger partial charge in [-0.3, -0.25) is 0 Å². The smallest absolute Gasteiger partial charge is 0.262 e. The number of nitrogens with zero attached hydrogens (tertiary/aromatic N) is 1. The number of aromatic nitrogens is 1. The lowest BCUT2D eigenvalue weighted by Gasteiger charge is -2.07. The molecule has 0 aliphatic carbocycles. The minimum Gasteiger partial charge on any atom is -0.436 e. The average Bonchev–Trinajstić information content (AvgIpc) is 2.35. The third-order valence-electron chi connectivity index (χ3n) is 2.16. The average molecular weight is 385 g/mol. The van der Waals surface area contributed by atoms with Crippen molar-refractivity contribution in [2.24, 2.45) is 0 Å². The summed E-state index contributed by atoms with van der Waals surface area (Å²) in [7, 11) is 1.21. The summed E-state index contributed by atoms with van der Waals surface area (Å²) < 4.78 is 54.0. The molecule has 1 aromatic heterocycles. The largest absolute Gasteiger partial charge is 0.436 e. The lowest BCUT2D eigenvalue weighted by molar-refractivity contribution is 0.404. The number of benzene rings is 1. The Bertz CT molecular complexity index is 753. The van der Waals surface area contributed by atoms with Crippen molar-refractivity contribution in [2.45, 2.75) is 4.90 Å². The normalized spacial score (nSPS) is 11.4. The summed E-state index contributed by atoms with van der Waals surface area (Å²) in [4.78, 5) is 3.42. The number of pyridine rings is 1. The van der Waals surface area contributed by atoms with Gasteiger partial charge in [0.1, 0.15) is 4.90 Å². The zero-order valence-electron chi connectivity index (χ0n) is 9.48. The molecule has 0 N–H and O–H groups in total. The summed E-state index contributed by atoms with van der Waals surface area (Å²) in [5.41, 5.74) is 0. The summed E-state index contributed by atoms with van der Waals surface area (Å²) in [5, 5.41) is 0. The van der Waals surface area contributed by atoms with E-state index in [1.807, 2.05) is 0 Å². The van der Waals surface area contributed by atoms with Gasteiger partial charge in [0.15, 0.2) is 11.6 Å². The Labute approximate surface area is 125 Å². The molecule has 0 saturated carbocycles. The van der Waals surface area contributed by atoms with Crippen molar-refractivity contribution >= 4 is 35.7 Å². The maximum atomic E-state index is 13.5. The summed E-state index contributed by atoms with van der Waals surface area (Å²) in [6.45, 7) is 0. The minimum atomic E-state index is -3.90. The van der Waals surface area contributed by atoms with Crippen molar-refractivity contribution in [1.29, 1.82) is 0 Å². The van der Waals surface area contributed by atoms with Crippen LogP contribution in [-0.4, -0.2) is 13.4 Å². The molecule has 0 spiro atoms. The van der Waals surface area contributed by atoms with Crippen molar-refractivity contribution in [2.75, 3.05) is 0 Å². The minimum absolute atomic E-state index is 0.106. The predicted molar refractivity (Wildman–Crippen MR) is 71.4 cm³/mol. The topological polar surface area (TPSA) is 56.3 Å². The molecule has 0 amide bonds. The van der Waals surface area contributed by atoms with E-state index in [1.165, 1.54) is 12.1 Å². The standard InChI is InChI=1S/C11H5BrClF2NO3S/c12-6-3-8(14)11(15)9(4-6)19-10-2-1-7(5-16-10)20(13,17)18/h1-5H. The van der Waals surface area contributed by atoms with Crippen LogP contribution in [0.3, 0.4) is 0 Å². The van der Waals surface area contributed by atoms with Gasteiger partial charge in [-0.25, -0.2) is 17.8 Å². The van der Waals surface area contributed by atoms with E-state index in [9.17, 15) is 17.2 Å². The van der Waals surface area contributed by atoms with Crippen LogP contribution in [0, 0.1) is 11.6 Å². The zero-order chi connectivity index (χ0) is 14.9. The van der Waals surface area contributed by atoms with Crippen molar-refractivity contribution in [3.05, 3.63) is 46.6 Å². The van der Waals surface area contributed by atoms with E-state index in [2.05, 4.69) is 20.9 Å². The molecule has 0 saturated heterocycles. The van der Waals surface area contributed by atoms with Crippen molar-refractivity contribution in [1.82, 2.24) is 4.98 Å². The van der Waals surface area contributed by atoms with Crippen LogP contribution in [0.4, 0.5) is 8.78 Å². The van der Waals surface area contributed by atoms with Gasteiger partial charge in [-0.2, -0.15) is 4.39 Å². The van der Waals surface area contributed by atoms with Crippen LogP contribution in [0.15, 0.2) is 39.8 Å². The van der Waals surface area contributed by atoms with Crippen LogP contribution in [-0.2, 0) is 9.05 Å². The first-order chi connectivity index (χ1) is 9.27. The molecule has 106 valence electrons. The quantitative estimate of drug-likeness (QED) is 0.596. The van der Waals surface area contributed by atoms with Gasteiger partial charge in [0.05, 0.1) is 6.20 Å². The fourth-order valence-electron chi connectivity index (χ4n) is 1.29. The number of halogens is 4. The maximum absolute atomic E-state index is 13.5. The van der Waals surface area contributed by atoms with E-state index in [-0.39, 0.29) is 21.0 Å². The highest BCUT2D eigenvalue weighted by atomic mass is 79.9. The third-order valence-corrected chi connectivity index (χ3v) is 3.96. The van der Waals surface area contributed by atoms with Gasteiger partial charge in [0, 0.05) is 21.2 Å². The number of hydrogen-bond acceptors (Lipinski definition) is 4. The molecule has 9 heteroatoms. The second-order valence-electron chi connectivity index (χ2n) is 3.57. The Hall–Kier alpha value is -1.25. The molecule has 1 heterocycles. The van der Waals surface area contributed by atoms with Crippen molar-refractivity contribution < 1.29 is 21.9 Å². The Kier molecular flexibility index (Phi) is 4.26. The van der Waals surface area contributed by atoms with E-state index in [4.69, 9.17) is 15.4 Å². The molecular formula is C11H5BrClF2NO3S. The molecule has 0 bridgehead atoms. The van der Waals surface area contributed by atoms with Gasteiger partial charge in [-0.05, 0) is 18.2 Å². The predicted octanol–water partition coefficient (Wildman–Crippen LogP) is 3.84. The van der Waals surface area contributed by atoms with Crippen molar-refractivity contribution in [3.63, 3.8) is 0 Å². The summed E-state index contributed by atoms with van der Waals surface area (Å²) in [6, 6.07) is 4.47. The molecule has 0 unspecified atom stereocenters. The monoisotopic (exact) mass is 383 g/mol. The lowest BCUT2D eigenvalue weighted by atomic mass is 10.3. The molecule has 0 aliphatic rings. The summed E-state index contributed by atoms with van der Waals surface area (Å²) in [6.07, 6.45) is 0.948. The molecule has 2 rings (SSSR count). The number of rotatable bonds is 3. The number of ether oxygens (including phenoxy) is 1. The first kappa shape index (κ1) is 15.1. The molecule has 4 nitrogen and oxygen atoms in total. The van der Waals surface area contributed by atoms with Gasteiger partial charge in [-0.15, -0.1) is 0 Å². The van der Waals surface area contributed by atoms with E-state index in [0.717, 1.165) is 18.3 Å². The fraction of sp³-hybridized carbons (Fsp3) is 0. The molecule has 0 atom stereocenters. The highest BCUT2D eigenvalue weighted by Crippen LogP contribution is 2.29. The highest BCUT2D eigenvalue weighted by Gasteiger charge is 2.14. The molecule has 1 aromatic carbocycles. The van der Waals surface area contributed by atoms with Gasteiger partial charge >= 0.3 is 0 Å². The second-order valence-corrected chi connectivity index (χ2v) is 7.05. The second kappa shape index (κ2) is 5.63. The van der Waals surface area contributed by atoms with E-state index in [0.29, 0.717) is 0 Å². The lowest BCUT2D eigenvalue weighted by Crippen LogP contribution is -1.96. The van der Waals surface area contributed by atoms with E-state index in [1.54, 1.807) is 0 Å². The molecule has 0 radical (unpaired) electrons. The molecule has 2 aromatic rings.